The van der Waals surface area contributed by atoms with Crippen molar-refractivity contribution in [2.45, 2.75) is 13.8 Å². The maximum absolute atomic E-state index is 12.1. The largest absolute Gasteiger partial charge is 0.383 e. The van der Waals surface area contributed by atoms with Crippen LogP contribution in [0.25, 0.3) is 5.57 Å². The number of nitrogens with zero attached hydrogens (tertiary/aromatic N) is 1. The van der Waals surface area contributed by atoms with Crippen LogP contribution in [0.4, 0.5) is 0 Å². The molecule has 2 nitrogen and oxygen atoms in total. The minimum Gasteiger partial charge on any atom is -0.383 e. The van der Waals surface area contributed by atoms with Crippen LogP contribution in [0.5, 0.6) is 0 Å². The second kappa shape index (κ2) is 5.50. The quantitative estimate of drug-likeness (QED) is 0.723. The molecule has 2 heteroatoms. The molecule has 0 atom stereocenters. The lowest BCUT2D eigenvalue weighted by Crippen LogP contribution is -2.13. The standard InChI is InChI=1S/C14H19NO/c1-11(2)14(16)13(10-15(3)4)12-8-6-5-7-9-12/h5-11H,1-4H3. The van der Waals surface area contributed by atoms with Gasteiger partial charge in [0.05, 0.1) is 0 Å². The van der Waals surface area contributed by atoms with Gasteiger partial charge in [0.25, 0.3) is 0 Å². The number of Topliss-reactive ketones (excluding diaryl/α,β-unsaturated/α-hetero) is 1. The Labute approximate surface area is 97.6 Å². The van der Waals surface area contributed by atoms with Gasteiger partial charge in [0, 0.05) is 31.8 Å². The molecule has 0 fully saturated rings. The van der Waals surface area contributed by atoms with Gasteiger partial charge in [-0.1, -0.05) is 44.2 Å². The van der Waals surface area contributed by atoms with E-state index in [0.29, 0.717) is 0 Å². The fourth-order valence-electron chi connectivity index (χ4n) is 1.47. The van der Waals surface area contributed by atoms with Crippen molar-refractivity contribution in [3.05, 3.63) is 42.1 Å². The number of allylic oxidation sites excluding steroid dienone is 1. The number of carbonyl (C=O) groups excluding carboxylic acids is 1. The Balaban J connectivity index is 3.12. The molecule has 16 heavy (non-hydrogen) atoms. The van der Waals surface area contributed by atoms with Crippen LogP contribution in [0.15, 0.2) is 36.5 Å². The molecule has 1 rings (SSSR count). The molecule has 0 N–H and O–H groups in total. The SMILES string of the molecule is CC(C)C(=O)C(=CN(C)C)c1ccccc1. The lowest BCUT2D eigenvalue weighted by molar-refractivity contribution is -0.116. The first kappa shape index (κ1) is 12.5. The molecule has 0 amide bonds. The Morgan fingerprint density at radius 1 is 1.19 bits per heavy atom. The Morgan fingerprint density at radius 2 is 1.75 bits per heavy atom. The summed E-state index contributed by atoms with van der Waals surface area (Å²) in [5.41, 5.74) is 1.76. The van der Waals surface area contributed by atoms with Crippen molar-refractivity contribution < 1.29 is 4.79 Å². The molecule has 1 aromatic carbocycles. The van der Waals surface area contributed by atoms with E-state index in [1.54, 1.807) is 0 Å². The zero-order valence-electron chi connectivity index (χ0n) is 10.4. The highest BCUT2D eigenvalue weighted by Gasteiger charge is 2.15. The first-order valence-corrected chi connectivity index (χ1v) is 5.50. The predicted molar refractivity (Wildman–Crippen MR) is 68.0 cm³/mol. The first-order chi connectivity index (χ1) is 7.52. The van der Waals surface area contributed by atoms with Crippen molar-refractivity contribution >= 4 is 11.4 Å². The molecule has 0 unspecified atom stereocenters. The first-order valence-electron chi connectivity index (χ1n) is 5.50. The molecular weight excluding hydrogens is 198 g/mol. The van der Waals surface area contributed by atoms with Gasteiger partial charge in [-0.2, -0.15) is 0 Å². The van der Waals surface area contributed by atoms with Crippen LogP contribution in [0.3, 0.4) is 0 Å². The van der Waals surface area contributed by atoms with E-state index in [9.17, 15) is 4.79 Å². The van der Waals surface area contributed by atoms with E-state index < -0.39 is 0 Å². The number of carbonyl (C=O) groups is 1. The zero-order valence-corrected chi connectivity index (χ0v) is 10.4. The summed E-state index contributed by atoms with van der Waals surface area (Å²) in [5, 5.41) is 0. The Kier molecular flexibility index (Phi) is 4.29. The maximum Gasteiger partial charge on any atom is 0.167 e. The van der Waals surface area contributed by atoms with Crippen LogP contribution in [-0.2, 0) is 4.79 Å². The van der Waals surface area contributed by atoms with E-state index >= 15 is 0 Å². The van der Waals surface area contributed by atoms with Crippen molar-refractivity contribution in [3.63, 3.8) is 0 Å². The van der Waals surface area contributed by atoms with Crippen LogP contribution >= 0.6 is 0 Å². The summed E-state index contributed by atoms with van der Waals surface area (Å²) in [6, 6.07) is 9.79. The van der Waals surface area contributed by atoms with Gasteiger partial charge >= 0.3 is 0 Å². The summed E-state index contributed by atoms with van der Waals surface area (Å²) >= 11 is 0. The van der Waals surface area contributed by atoms with Crippen LogP contribution in [-0.4, -0.2) is 24.8 Å². The van der Waals surface area contributed by atoms with Crippen molar-refractivity contribution in [1.82, 2.24) is 4.90 Å². The van der Waals surface area contributed by atoms with E-state index in [0.717, 1.165) is 11.1 Å². The van der Waals surface area contributed by atoms with Gasteiger partial charge in [-0.15, -0.1) is 0 Å². The molecule has 0 aliphatic carbocycles. The molecule has 1 aromatic rings. The van der Waals surface area contributed by atoms with Crippen molar-refractivity contribution in [3.8, 4) is 0 Å². The second-order valence-corrected chi connectivity index (χ2v) is 4.39. The van der Waals surface area contributed by atoms with Gasteiger partial charge in [0.2, 0.25) is 0 Å². The molecule has 0 aromatic heterocycles. The third-order valence-electron chi connectivity index (χ3n) is 2.26. The normalized spacial score (nSPS) is 11.7. The number of benzene rings is 1. The molecule has 0 bridgehead atoms. The molecule has 0 radical (unpaired) electrons. The van der Waals surface area contributed by atoms with Gasteiger partial charge in [-0.3, -0.25) is 4.79 Å². The number of ketones is 1. The van der Waals surface area contributed by atoms with Crippen LogP contribution < -0.4 is 0 Å². The fraction of sp³-hybridized carbons (Fsp3) is 0.357. The maximum atomic E-state index is 12.1. The Hall–Kier alpha value is -1.57. The minimum atomic E-state index is 0.0198. The van der Waals surface area contributed by atoms with Crippen molar-refractivity contribution in [2.75, 3.05) is 14.1 Å². The lowest BCUT2D eigenvalue weighted by Gasteiger charge is -2.13. The van der Waals surface area contributed by atoms with Crippen LogP contribution in [0, 0.1) is 5.92 Å². The predicted octanol–water partition coefficient (Wildman–Crippen LogP) is 2.81. The summed E-state index contributed by atoms with van der Waals surface area (Å²) in [4.78, 5) is 14.0. The zero-order chi connectivity index (χ0) is 12.1. The topological polar surface area (TPSA) is 20.3 Å². The summed E-state index contributed by atoms with van der Waals surface area (Å²) in [5.74, 6) is 0.200. The summed E-state index contributed by atoms with van der Waals surface area (Å²) in [7, 11) is 3.85. The highest BCUT2D eigenvalue weighted by molar-refractivity contribution is 6.21. The van der Waals surface area contributed by atoms with Crippen molar-refractivity contribution in [2.24, 2.45) is 5.92 Å². The molecule has 0 heterocycles. The third kappa shape index (κ3) is 3.23. The Bertz CT molecular complexity index is 377. The van der Waals surface area contributed by atoms with Gasteiger partial charge in [-0.25, -0.2) is 0 Å². The molecular formula is C14H19NO. The third-order valence-corrected chi connectivity index (χ3v) is 2.26. The highest BCUT2D eigenvalue weighted by Crippen LogP contribution is 2.19. The average Bonchev–Trinajstić information content (AvgIpc) is 2.26. The smallest absolute Gasteiger partial charge is 0.167 e. The summed E-state index contributed by atoms with van der Waals surface area (Å²) in [6.45, 7) is 3.85. The number of rotatable bonds is 4. The molecule has 0 saturated heterocycles. The number of hydrogen-bond acceptors (Lipinski definition) is 2. The number of hydrogen-bond donors (Lipinski definition) is 0. The molecule has 86 valence electrons. The van der Waals surface area contributed by atoms with E-state index in [1.165, 1.54) is 0 Å². The monoisotopic (exact) mass is 217 g/mol. The van der Waals surface area contributed by atoms with Gasteiger partial charge in [-0.05, 0) is 5.56 Å². The highest BCUT2D eigenvalue weighted by atomic mass is 16.1. The molecule has 0 aliphatic rings. The van der Waals surface area contributed by atoms with E-state index in [-0.39, 0.29) is 11.7 Å². The van der Waals surface area contributed by atoms with Crippen LogP contribution in [0.1, 0.15) is 19.4 Å². The van der Waals surface area contributed by atoms with Gasteiger partial charge in [0.15, 0.2) is 5.78 Å². The second-order valence-electron chi connectivity index (χ2n) is 4.39. The average molecular weight is 217 g/mol. The van der Waals surface area contributed by atoms with E-state index in [1.807, 2.05) is 69.4 Å². The molecule has 0 spiro atoms. The van der Waals surface area contributed by atoms with Crippen LogP contribution in [0.2, 0.25) is 0 Å². The van der Waals surface area contributed by atoms with E-state index in [4.69, 9.17) is 0 Å². The molecule has 0 saturated carbocycles. The molecule has 0 aliphatic heterocycles. The summed E-state index contributed by atoms with van der Waals surface area (Å²) in [6.07, 6.45) is 1.89. The van der Waals surface area contributed by atoms with E-state index in [2.05, 4.69) is 0 Å². The van der Waals surface area contributed by atoms with Crippen molar-refractivity contribution in [1.29, 1.82) is 0 Å². The minimum absolute atomic E-state index is 0.0198. The van der Waals surface area contributed by atoms with Gasteiger partial charge in [0.1, 0.15) is 0 Å². The fourth-order valence-corrected chi connectivity index (χ4v) is 1.47. The van der Waals surface area contributed by atoms with Gasteiger partial charge < -0.3 is 4.90 Å². The Morgan fingerprint density at radius 3 is 2.19 bits per heavy atom. The summed E-state index contributed by atoms with van der Waals surface area (Å²) < 4.78 is 0. The lowest BCUT2D eigenvalue weighted by atomic mass is 9.95.